The Hall–Kier alpha value is -3.13. The van der Waals surface area contributed by atoms with Crippen LogP contribution in [0.4, 0.5) is 0 Å². The lowest BCUT2D eigenvalue weighted by Gasteiger charge is -2.38. The summed E-state index contributed by atoms with van der Waals surface area (Å²) >= 11 is 0. The maximum atomic E-state index is 12.4. The van der Waals surface area contributed by atoms with Crippen molar-refractivity contribution in [3.63, 3.8) is 0 Å². The average Bonchev–Trinajstić information content (AvgIpc) is 3.10. The van der Waals surface area contributed by atoms with Crippen molar-refractivity contribution < 1.29 is 9.53 Å². The summed E-state index contributed by atoms with van der Waals surface area (Å²) in [7, 11) is 0. The molecule has 1 fully saturated rings. The van der Waals surface area contributed by atoms with Gasteiger partial charge >= 0.3 is 0 Å². The van der Waals surface area contributed by atoms with Crippen molar-refractivity contribution in [1.29, 1.82) is 0 Å². The van der Waals surface area contributed by atoms with Gasteiger partial charge in [0.15, 0.2) is 0 Å². The van der Waals surface area contributed by atoms with E-state index in [1.165, 1.54) is 6.20 Å². The van der Waals surface area contributed by atoms with Gasteiger partial charge in [-0.25, -0.2) is 9.67 Å². The van der Waals surface area contributed by atoms with Gasteiger partial charge in [-0.2, -0.15) is 0 Å². The fraction of sp³-hybridized carbons (Fsp3) is 0.316. The molecule has 1 amide bonds. The molecule has 0 radical (unpaired) electrons. The van der Waals surface area contributed by atoms with Gasteiger partial charge in [-0.15, -0.1) is 5.10 Å². The van der Waals surface area contributed by atoms with E-state index >= 15 is 0 Å². The van der Waals surface area contributed by atoms with E-state index in [1.54, 1.807) is 15.8 Å². The Kier molecular flexibility index (Phi) is 4.88. The van der Waals surface area contributed by atoms with E-state index in [-0.39, 0.29) is 11.9 Å². The minimum absolute atomic E-state index is 0.106. The van der Waals surface area contributed by atoms with Gasteiger partial charge in [-0.1, -0.05) is 35.5 Å². The van der Waals surface area contributed by atoms with Crippen LogP contribution in [0.3, 0.4) is 0 Å². The molecule has 1 aliphatic heterocycles. The highest BCUT2D eigenvalue weighted by Crippen LogP contribution is 2.22. The molecule has 1 saturated heterocycles. The molecule has 2 aromatic heterocycles. The van der Waals surface area contributed by atoms with Crippen LogP contribution in [-0.2, 0) is 18.0 Å². The van der Waals surface area contributed by atoms with Crippen molar-refractivity contribution in [2.45, 2.75) is 26.2 Å². The van der Waals surface area contributed by atoms with E-state index in [2.05, 4.69) is 20.3 Å². The van der Waals surface area contributed by atoms with Crippen LogP contribution in [0, 0.1) is 6.92 Å². The Labute approximate surface area is 156 Å². The molecule has 0 bridgehead atoms. The predicted octanol–water partition coefficient (Wildman–Crippen LogP) is 1.79. The number of benzene rings is 1. The second-order valence-electron chi connectivity index (χ2n) is 6.58. The molecule has 3 heterocycles. The zero-order chi connectivity index (χ0) is 18.6. The Morgan fingerprint density at radius 1 is 1.15 bits per heavy atom. The van der Waals surface area contributed by atoms with Crippen molar-refractivity contribution in [2.24, 2.45) is 0 Å². The molecule has 0 spiro atoms. The predicted molar refractivity (Wildman–Crippen MR) is 96.7 cm³/mol. The molecule has 27 heavy (non-hydrogen) atoms. The standard InChI is InChI=1S/C19H20N6O2/c1-14-7-21-18(8-20-14)19(26)24-10-17(11-24)25-9-16(22-23-25)13-27-12-15-5-3-2-4-6-15/h2-9,17H,10-13H2,1H3. The Balaban J connectivity index is 1.26. The summed E-state index contributed by atoms with van der Waals surface area (Å²) < 4.78 is 7.48. The topological polar surface area (TPSA) is 86.0 Å². The summed E-state index contributed by atoms with van der Waals surface area (Å²) in [4.78, 5) is 22.3. The van der Waals surface area contributed by atoms with Gasteiger partial charge in [0, 0.05) is 19.3 Å². The molecule has 0 atom stereocenters. The SMILES string of the molecule is Cc1cnc(C(=O)N2CC(n3cc(COCc4ccccc4)nn3)C2)cn1. The first kappa shape index (κ1) is 17.3. The zero-order valence-electron chi connectivity index (χ0n) is 15.0. The number of nitrogens with zero attached hydrogens (tertiary/aromatic N) is 6. The van der Waals surface area contributed by atoms with Gasteiger partial charge in [0.25, 0.3) is 5.91 Å². The summed E-state index contributed by atoms with van der Waals surface area (Å²) in [6.45, 7) is 3.96. The number of amides is 1. The van der Waals surface area contributed by atoms with E-state index in [0.717, 1.165) is 17.0 Å². The number of aryl methyl sites for hydroxylation is 1. The van der Waals surface area contributed by atoms with Crippen LogP contribution in [0.15, 0.2) is 48.9 Å². The molecule has 8 heteroatoms. The van der Waals surface area contributed by atoms with Crippen molar-refractivity contribution in [3.8, 4) is 0 Å². The molecule has 0 N–H and O–H groups in total. The molecular weight excluding hydrogens is 344 g/mol. The number of hydrogen-bond donors (Lipinski definition) is 0. The molecule has 138 valence electrons. The summed E-state index contributed by atoms with van der Waals surface area (Å²) in [5.74, 6) is -0.106. The first-order chi connectivity index (χ1) is 13.2. The molecule has 8 nitrogen and oxygen atoms in total. The quantitative estimate of drug-likeness (QED) is 0.663. The lowest BCUT2D eigenvalue weighted by atomic mass is 10.1. The van der Waals surface area contributed by atoms with E-state index in [4.69, 9.17) is 4.74 Å². The molecule has 0 saturated carbocycles. The summed E-state index contributed by atoms with van der Waals surface area (Å²) in [5.41, 5.74) is 3.06. The van der Waals surface area contributed by atoms with Gasteiger partial charge in [-0.05, 0) is 12.5 Å². The minimum atomic E-state index is -0.106. The van der Waals surface area contributed by atoms with Crippen LogP contribution < -0.4 is 0 Å². The number of hydrogen-bond acceptors (Lipinski definition) is 6. The third kappa shape index (κ3) is 4.01. The normalized spacial score (nSPS) is 14.2. The third-order valence-corrected chi connectivity index (χ3v) is 4.44. The summed E-state index contributed by atoms with van der Waals surface area (Å²) in [6, 6.07) is 10.1. The van der Waals surface area contributed by atoms with Gasteiger partial charge in [0.05, 0.1) is 37.3 Å². The monoisotopic (exact) mass is 364 g/mol. The molecule has 1 aromatic carbocycles. The molecule has 1 aliphatic rings. The van der Waals surface area contributed by atoms with E-state index in [0.29, 0.717) is 32.0 Å². The van der Waals surface area contributed by atoms with Gasteiger partial charge in [0.1, 0.15) is 11.4 Å². The number of rotatable bonds is 6. The van der Waals surface area contributed by atoms with E-state index in [1.807, 2.05) is 43.5 Å². The van der Waals surface area contributed by atoms with Crippen molar-refractivity contribution in [1.82, 2.24) is 29.9 Å². The highest BCUT2D eigenvalue weighted by Gasteiger charge is 2.33. The molecule has 3 aromatic rings. The Morgan fingerprint density at radius 2 is 1.96 bits per heavy atom. The molecule has 0 aliphatic carbocycles. The number of ether oxygens (including phenoxy) is 1. The number of aromatic nitrogens is 5. The summed E-state index contributed by atoms with van der Waals surface area (Å²) in [6.07, 6.45) is 5.00. The van der Waals surface area contributed by atoms with Gasteiger partial charge in [-0.3, -0.25) is 9.78 Å². The summed E-state index contributed by atoms with van der Waals surface area (Å²) in [5, 5.41) is 8.31. The van der Waals surface area contributed by atoms with E-state index < -0.39 is 0 Å². The van der Waals surface area contributed by atoms with Crippen molar-refractivity contribution in [2.75, 3.05) is 13.1 Å². The van der Waals surface area contributed by atoms with Crippen LogP contribution in [-0.4, -0.2) is 48.9 Å². The highest BCUT2D eigenvalue weighted by molar-refractivity contribution is 5.92. The maximum Gasteiger partial charge on any atom is 0.274 e. The molecule has 0 unspecified atom stereocenters. The van der Waals surface area contributed by atoms with Crippen LogP contribution in [0.2, 0.25) is 0 Å². The second-order valence-corrected chi connectivity index (χ2v) is 6.58. The smallest absolute Gasteiger partial charge is 0.274 e. The Morgan fingerprint density at radius 3 is 2.70 bits per heavy atom. The first-order valence-electron chi connectivity index (χ1n) is 8.79. The lowest BCUT2D eigenvalue weighted by Crippen LogP contribution is -2.51. The Bertz CT molecular complexity index is 903. The van der Waals surface area contributed by atoms with Crippen LogP contribution in [0.25, 0.3) is 0 Å². The van der Waals surface area contributed by atoms with Gasteiger partial charge < -0.3 is 9.64 Å². The average molecular weight is 364 g/mol. The van der Waals surface area contributed by atoms with Crippen molar-refractivity contribution in [3.05, 3.63) is 71.6 Å². The fourth-order valence-corrected chi connectivity index (χ4v) is 2.86. The number of carbonyl (C=O) groups is 1. The molecule has 4 rings (SSSR count). The van der Waals surface area contributed by atoms with Gasteiger partial charge in [0.2, 0.25) is 0 Å². The number of carbonyl (C=O) groups excluding carboxylic acids is 1. The van der Waals surface area contributed by atoms with Crippen LogP contribution in [0.5, 0.6) is 0 Å². The molecular formula is C19H20N6O2. The van der Waals surface area contributed by atoms with E-state index in [9.17, 15) is 4.79 Å². The third-order valence-electron chi connectivity index (χ3n) is 4.44. The highest BCUT2D eigenvalue weighted by atomic mass is 16.5. The zero-order valence-corrected chi connectivity index (χ0v) is 15.0. The largest absolute Gasteiger partial charge is 0.370 e. The number of likely N-dealkylation sites (tertiary alicyclic amines) is 1. The second kappa shape index (κ2) is 7.63. The van der Waals surface area contributed by atoms with Crippen LogP contribution in [0.1, 0.15) is 33.5 Å². The minimum Gasteiger partial charge on any atom is -0.370 e. The fourth-order valence-electron chi connectivity index (χ4n) is 2.86. The van der Waals surface area contributed by atoms with Crippen molar-refractivity contribution >= 4 is 5.91 Å². The maximum absolute atomic E-state index is 12.4. The first-order valence-corrected chi connectivity index (χ1v) is 8.79. The lowest BCUT2D eigenvalue weighted by molar-refractivity contribution is 0.0491. The van der Waals surface area contributed by atoms with Crippen LogP contribution >= 0.6 is 0 Å².